The molecule has 8 heteroatoms. The van der Waals surface area contributed by atoms with Crippen LogP contribution in [0.2, 0.25) is 0 Å². The molecule has 0 aliphatic carbocycles. The molecule has 33 heavy (non-hydrogen) atoms. The van der Waals surface area contributed by atoms with Crippen LogP contribution in [0.5, 0.6) is 0 Å². The number of carbonyl (C=O) groups excluding carboxylic acids is 1. The number of amides is 2. The standard InChI is InChI=1S/C25H27N3O4S/c1-17(19-5-3-2-4-6-19)27-25(30)28-23-9-10-24(22(12-23)15-29)33(31,32)16-18-7-8-20-13-26-14-21(20)11-18/h2-12,17,26,29H,13-16H2,1H3,(H2,27,28,30). The zero-order valence-electron chi connectivity index (χ0n) is 18.3. The van der Waals surface area contributed by atoms with Gasteiger partial charge in [-0.05, 0) is 52.9 Å². The van der Waals surface area contributed by atoms with Crippen LogP contribution in [0.15, 0.2) is 71.6 Å². The number of urea groups is 1. The van der Waals surface area contributed by atoms with E-state index in [0.29, 0.717) is 11.3 Å². The Morgan fingerprint density at radius 2 is 1.79 bits per heavy atom. The molecule has 1 aliphatic heterocycles. The summed E-state index contributed by atoms with van der Waals surface area (Å²) in [5.41, 5.74) is 4.61. The van der Waals surface area contributed by atoms with Crippen molar-refractivity contribution in [3.8, 4) is 0 Å². The summed E-state index contributed by atoms with van der Waals surface area (Å²) in [6.07, 6.45) is 0. The van der Waals surface area contributed by atoms with Gasteiger partial charge in [0.05, 0.1) is 23.3 Å². The second-order valence-electron chi connectivity index (χ2n) is 8.18. The predicted molar refractivity (Wildman–Crippen MR) is 127 cm³/mol. The van der Waals surface area contributed by atoms with Gasteiger partial charge in [-0.15, -0.1) is 0 Å². The van der Waals surface area contributed by atoms with Crippen LogP contribution in [0.4, 0.5) is 10.5 Å². The van der Waals surface area contributed by atoms with E-state index < -0.39 is 22.5 Å². The third-order valence-corrected chi connectivity index (χ3v) is 7.51. The fourth-order valence-electron chi connectivity index (χ4n) is 4.01. The average Bonchev–Trinajstić information content (AvgIpc) is 3.27. The minimum atomic E-state index is -3.68. The first-order chi connectivity index (χ1) is 15.9. The zero-order valence-corrected chi connectivity index (χ0v) is 19.2. The van der Waals surface area contributed by atoms with Crippen LogP contribution in [-0.2, 0) is 35.3 Å². The summed E-state index contributed by atoms with van der Waals surface area (Å²) in [5.74, 6) is -0.158. The fraction of sp³-hybridized carbons (Fsp3) is 0.240. The molecule has 0 saturated carbocycles. The molecule has 1 aliphatic rings. The third-order valence-electron chi connectivity index (χ3n) is 5.73. The number of hydrogen-bond acceptors (Lipinski definition) is 5. The maximum absolute atomic E-state index is 13.1. The zero-order chi connectivity index (χ0) is 23.4. The number of aliphatic hydroxyl groups excluding tert-OH is 1. The van der Waals surface area contributed by atoms with Crippen LogP contribution in [0, 0.1) is 0 Å². The van der Waals surface area contributed by atoms with Crippen molar-refractivity contribution in [2.24, 2.45) is 0 Å². The van der Waals surface area contributed by atoms with E-state index in [0.717, 1.165) is 24.2 Å². The summed E-state index contributed by atoms with van der Waals surface area (Å²) < 4.78 is 26.2. The lowest BCUT2D eigenvalue weighted by Gasteiger charge is -2.16. The molecule has 2 amide bonds. The first-order valence-corrected chi connectivity index (χ1v) is 12.4. The Balaban J connectivity index is 1.47. The van der Waals surface area contributed by atoms with Gasteiger partial charge in [0, 0.05) is 18.8 Å². The summed E-state index contributed by atoms with van der Waals surface area (Å²) in [5, 5.41) is 18.6. The highest BCUT2D eigenvalue weighted by atomic mass is 32.2. The Hall–Kier alpha value is -3.20. The first kappa shape index (κ1) is 23.0. The lowest BCUT2D eigenvalue weighted by molar-refractivity contribution is 0.249. The second-order valence-corrected chi connectivity index (χ2v) is 10.1. The molecule has 1 heterocycles. The smallest absolute Gasteiger partial charge is 0.319 e. The molecule has 1 atom stereocenters. The van der Waals surface area contributed by atoms with E-state index in [2.05, 4.69) is 16.0 Å². The number of fused-ring (bicyclic) bond motifs is 1. The summed E-state index contributed by atoms with van der Waals surface area (Å²) >= 11 is 0. The topological polar surface area (TPSA) is 108 Å². The normalized spacial score (nSPS) is 13.9. The number of benzene rings is 3. The van der Waals surface area contributed by atoms with E-state index in [9.17, 15) is 18.3 Å². The van der Waals surface area contributed by atoms with E-state index >= 15 is 0 Å². The van der Waals surface area contributed by atoms with Crippen LogP contribution >= 0.6 is 0 Å². The van der Waals surface area contributed by atoms with Gasteiger partial charge in [0.25, 0.3) is 0 Å². The highest BCUT2D eigenvalue weighted by Gasteiger charge is 2.21. The van der Waals surface area contributed by atoms with Crippen LogP contribution in [-0.4, -0.2) is 19.6 Å². The van der Waals surface area contributed by atoms with Gasteiger partial charge in [-0.3, -0.25) is 0 Å². The molecular formula is C25H27N3O4S. The second kappa shape index (κ2) is 9.74. The number of aliphatic hydroxyl groups is 1. The molecule has 3 aromatic rings. The Labute approximate surface area is 193 Å². The van der Waals surface area contributed by atoms with Crippen LogP contribution < -0.4 is 16.0 Å². The van der Waals surface area contributed by atoms with Gasteiger partial charge in [-0.2, -0.15) is 0 Å². The van der Waals surface area contributed by atoms with Crippen molar-refractivity contribution in [2.45, 2.75) is 43.3 Å². The Morgan fingerprint density at radius 1 is 1.03 bits per heavy atom. The number of hydrogen-bond donors (Lipinski definition) is 4. The molecule has 172 valence electrons. The molecule has 1 unspecified atom stereocenters. The van der Waals surface area contributed by atoms with Crippen molar-refractivity contribution in [3.05, 3.63) is 94.5 Å². The van der Waals surface area contributed by atoms with E-state index in [1.807, 2.05) is 55.5 Å². The van der Waals surface area contributed by atoms with Gasteiger partial charge in [-0.25, -0.2) is 13.2 Å². The van der Waals surface area contributed by atoms with Gasteiger partial charge in [0.1, 0.15) is 0 Å². The number of rotatable bonds is 7. The summed E-state index contributed by atoms with van der Waals surface area (Å²) in [6.45, 7) is 2.94. The monoisotopic (exact) mass is 465 g/mol. The van der Waals surface area contributed by atoms with E-state index in [4.69, 9.17) is 0 Å². The van der Waals surface area contributed by atoms with Gasteiger partial charge in [0.2, 0.25) is 0 Å². The maximum atomic E-state index is 13.1. The van der Waals surface area contributed by atoms with Gasteiger partial charge in [-0.1, -0.05) is 48.5 Å². The molecule has 4 rings (SSSR count). The molecule has 7 nitrogen and oxygen atoms in total. The van der Waals surface area contributed by atoms with Crippen molar-refractivity contribution < 1.29 is 18.3 Å². The summed E-state index contributed by atoms with van der Waals surface area (Å²) in [4.78, 5) is 12.5. The van der Waals surface area contributed by atoms with Crippen molar-refractivity contribution in [1.82, 2.24) is 10.6 Å². The molecule has 0 fully saturated rings. The van der Waals surface area contributed by atoms with Crippen LogP contribution in [0.25, 0.3) is 0 Å². The average molecular weight is 466 g/mol. The number of sulfone groups is 1. The highest BCUT2D eigenvalue weighted by Crippen LogP contribution is 2.26. The fourth-order valence-corrected chi connectivity index (χ4v) is 5.58. The van der Waals surface area contributed by atoms with Gasteiger partial charge >= 0.3 is 6.03 Å². The lowest BCUT2D eigenvalue weighted by atomic mass is 10.1. The van der Waals surface area contributed by atoms with Crippen molar-refractivity contribution >= 4 is 21.6 Å². The maximum Gasteiger partial charge on any atom is 0.319 e. The lowest BCUT2D eigenvalue weighted by Crippen LogP contribution is -2.31. The predicted octanol–water partition coefficient (Wildman–Crippen LogP) is 3.64. The van der Waals surface area contributed by atoms with E-state index in [1.54, 1.807) is 0 Å². The molecule has 0 saturated heterocycles. The molecule has 3 aromatic carbocycles. The third kappa shape index (κ3) is 5.42. The molecule has 0 bridgehead atoms. The quantitative estimate of drug-likeness (QED) is 0.426. The van der Waals surface area contributed by atoms with E-state index in [-0.39, 0.29) is 22.3 Å². The van der Waals surface area contributed by atoms with E-state index in [1.165, 1.54) is 23.8 Å². The van der Waals surface area contributed by atoms with Gasteiger partial charge < -0.3 is 21.1 Å². The van der Waals surface area contributed by atoms with Crippen LogP contribution in [0.3, 0.4) is 0 Å². The summed E-state index contributed by atoms with van der Waals surface area (Å²) in [7, 11) is -3.68. The molecule has 4 N–H and O–H groups in total. The SMILES string of the molecule is CC(NC(=O)Nc1ccc(S(=O)(=O)Cc2ccc3c(c2)CNC3)c(CO)c1)c1ccccc1. The van der Waals surface area contributed by atoms with Crippen molar-refractivity contribution in [3.63, 3.8) is 0 Å². The number of nitrogens with one attached hydrogen (secondary N) is 3. The number of carbonyl (C=O) groups is 1. The highest BCUT2D eigenvalue weighted by molar-refractivity contribution is 7.90. The first-order valence-electron chi connectivity index (χ1n) is 10.8. The Kier molecular flexibility index (Phi) is 6.78. The molecule has 0 aromatic heterocycles. The molecular weight excluding hydrogens is 438 g/mol. The Morgan fingerprint density at radius 3 is 2.55 bits per heavy atom. The summed E-state index contributed by atoms with van der Waals surface area (Å²) in [6, 6.07) is 19.1. The Bertz CT molecular complexity index is 1260. The minimum absolute atomic E-state index is 0.0623. The van der Waals surface area contributed by atoms with Crippen LogP contribution in [0.1, 0.15) is 40.8 Å². The largest absolute Gasteiger partial charge is 0.392 e. The van der Waals surface area contributed by atoms with Gasteiger partial charge in [0.15, 0.2) is 9.84 Å². The van der Waals surface area contributed by atoms with Crippen molar-refractivity contribution in [2.75, 3.05) is 5.32 Å². The molecule has 0 radical (unpaired) electrons. The molecule has 0 spiro atoms. The number of anilines is 1. The minimum Gasteiger partial charge on any atom is -0.392 e. The van der Waals surface area contributed by atoms with Crippen molar-refractivity contribution in [1.29, 1.82) is 0 Å².